The highest BCUT2D eigenvalue weighted by Gasteiger charge is 2.35. The number of ether oxygens (including phenoxy) is 1. The van der Waals surface area contributed by atoms with Crippen LogP contribution < -0.4 is 0 Å². The maximum atomic E-state index is 5.79. The van der Waals surface area contributed by atoms with Gasteiger partial charge in [0, 0.05) is 12.0 Å². The fraction of sp³-hybridized carbons (Fsp3) is 1.00. The van der Waals surface area contributed by atoms with Crippen LogP contribution in [0.4, 0.5) is 0 Å². The summed E-state index contributed by atoms with van der Waals surface area (Å²) in [5, 5.41) is 0. The van der Waals surface area contributed by atoms with Crippen LogP contribution in [-0.4, -0.2) is 19.0 Å². The third kappa shape index (κ3) is 2.46. The molecule has 2 saturated carbocycles. The third-order valence-electron chi connectivity index (χ3n) is 4.05. The molecular formula is C12H22OS. The molecule has 0 aromatic heterocycles. The van der Waals surface area contributed by atoms with Crippen molar-refractivity contribution in [2.75, 3.05) is 19.0 Å². The molecule has 2 fully saturated rings. The third-order valence-corrected chi connectivity index (χ3v) is 4.72. The summed E-state index contributed by atoms with van der Waals surface area (Å²) in [6.07, 6.45) is 9.68. The highest BCUT2D eigenvalue weighted by molar-refractivity contribution is 7.80. The maximum absolute atomic E-state index is 5.79. The largest absolute Gasteiger partial charge is 0.381 e. The van der Waals surface area contributed by atoms with Crippen molar-refractivity contribution in [3.05, 3.63) is 0 Å². The van der Waals surface area contributed by atoms with Crippen molar-refractivity contribution in [3.8, 4) is 0 Å². The van der Waals surface area contributed by atoms with Gasteiger partial charge < -0.3 is 4.74 Å². The molecule has 0 N–H and O–H groups in total. The van der Waals surface area contributed by atoms with Crippen molar-refractivity contribution in [1.29, 1.82) is 0 Å². The minimum absolute atomic E-state index is 0.461. The van der Waals surface area contributed by atoms with Crippen molar-refractivity contribution in [1.82, 2.24) is 0 Å². The van der Waals surface area contributed by atoms with Crippen LogP contribution in [0.15, 0.2) is 0 Å². The van der Waals surface area contributed by atoms with E-state index in [2.05, 4.69) is 12.6 Å². The second kappa shape index (κ2) is 4.89. The molecule has 2 aliphatic carbocycles. The van der Waals surface area contributed by atoms with E-state index >= 15 is 0 Å². The summed E-state index contributed by atoms with van der Waals surface area (Å²) in [5.74, 6) is 2.00. The van der Waals surface area contributed by atoms with Crippen LogP contribution in [0.3, 0.4) is 0 Å². The number of hydrogen-bond donors (Lipinski definition) is 1. The molecule has 1 nitrogen and oxygen atoms in total. The highest BCUT2D eigenvalue weighted by atomic mass is 32.1. The van der Waals surface area contributed by atoms with Crippen molar-refractivity contribution >= 4 is 12.6 Å². The van der Waals surface area contributed by atoms with Gasteiger partial charge in [0.05, 0.1) is 6.61 Å². The standard InChI is InChI=1S/C12H22OS/c14-10-12(6-2-7-12)9-13-8-5-11-3-1-4-11/h11,14H,1-10H2. The second-order valence-corrected chi connectivity index (χ2v) is 5.47. The average Bonchev–Trinajstić information content (AvgIpc) is 2.05. The fourth-order valence-electron chi connectivity index (χ4n) is 2.35. The van der Waals surface area contributed by atoms with Crippen LogP contribution >= 0.6 is 12.6 Å². The van der Waals surface area contributed by atoms with E-state index in [0.717, 1.165) is 24.9 Å². The van der Waals surface area contributed by atoms with Crippen LogP contribution in [0.2, 0.25) is 0 Å². The summed E-state index contributed by atoms with van der Waals surface area (Å²) in [4.78, 5) is 0. The summed E-state index contributed by atoms with van der Waals surface area (Å²) in [5.41, 5.74) is 0.461. The van der Waals surface area contributed by atoms with Gasteiger partial charge in [-0.25, -0.2) is 0 Å². The van der Waals surface area contributed by atoms with E-state index in [1.165, 1.54) is 44.9 Å². The topological polar surface area (TPSA) is 9.23 Å². The average molecular weight is 214 g/mol. The summed E-state index contributed by atoms with van der Waals surface area (Å²) < 4.78 is 5.79. The smallest absolute Gasteiger partial charge is 0.0530 e. The predicted octanol–water partition coefficient (Wildman–Crippen LogP) is 3.29. The Hall–Kier alpha value is 0.310. The van der Waals surface area contributed by atoms with Gasteiger partial charge in [0.25, 0.3) is 0 Å². The SMILES string of the molecule is SCC1(COCCC2CCC2)CCC1. The van der Waals surface area contributed by atoms with Crippen LogP contribution in [0.1, 0.15) is 44.9 Å². The van der Waals surface area contributed by atoms with E-state index in [4.69, 9.17) is 4.74 Å². The minimum Gasteiger partial charge on any atom is -0.381 e. The van der Waals surface area contributed by atoms with Crippen LogP contribution in [0.5, 0.6) is 0 Å². The van der Waals surface area contributed by atoms with Crippen molar-refractivity contribution in [2.45, 2.75) is 44.9 Å². The Bertz CT molecular complexity index is 168. The number of thiol groups is 1. The summed E-state index contributed by atoms with van der Waals surface area (Å²) in [6, 6.07) is 0. The molecule has 0 heterocycles. The Labute approximate surface area is 93.0 Å². The quantitative estimate of drug-likeness (QED) is 0.527. The Morgan fingerprint density at radius 1 is 1.21 bits per heavy atom. The lowest BCUT2D eigenvalue weighted by atomic mass is 9.71. The fourth-order valence-corrected chi connectivity index (χ4v) is 2.75. The molecule has 0 aromatic rings. The van der Waals surface area contributed by atoms with E-state index in [0.29, 0.717) is 5.41 Å². The summed E-state index contributed by atoms with van der Waals surface area (Å²) >= 11 is 4.42. The molecule has 0 saturated heterocycles. The van der Waals surface area contributed by atoms with Gasteiger partial charge in [0.2, 0.25) is 0 Å². The molecule has 0 spiro atoms. The first-order valence-corrected chi connectivity index (χ1v) is 6.66. The Morgan fingerprint density at radius 3 is 2.43 bits per heavy atom. The Balaban J connectivity index is 1.53. The molecule has 0 unspecified atom stereocenters. The van der Waals surface area contributed by atoms with Crippen LogP contribution in [0, 0.1) is 11.3 Å². The molecule has 0 bridgehead atoms. The van der Waals surface area contributed by atoms with Gasteiger partial charge in [-0.1, -0.05) is 25.7 Å². The van der Waals surface area contributed by atoms with Crippen molar-refractivity contribution in [3.63, 3.8) is 0 Å². The first-order chi connectivity index (χ1) is 6.85. The van der Waals surface area contributed by atoms with E-state index in [1.54, 1.807) is 0 Å². The lowest BCUT2D eigenvalue weighted by Gasteiger charge is -2.40. The van der Waals surface area contributed by atoms with Gasteiger partial charge in [-0.3, -0.25) is 0 Å². The monoisotopic (exact) mass is 214 g/mol. The van der Waals surface area contributed by atoms with Gasteiger partial charge in [0.15, 0.2) is 0 Å². The summed E-state index contributed by atoms with van der Waals surface area (Å²) in [6.45, 7) is 1.95. The first kappa shape index (κ1) is 10.8. The molecular weight excluding hydrogens is 192 g/mol. The van der Waals surface area contributed by atoms with E-state index in [-0.39, 0.29) is 0 Å². The molecule has 2 heteroatoms. The van der Waals surface area contributed by atoms with Gasteiger partial charge in [-0.15, -0.1) is 0 Å². The minimum atomic E-state index is 0.461. The predicted molar refractivity (Wildman–Crippen MR) is 62.9 cm³/mol. The zero-order valence-corrected chi connectivity index (χ0v) is 9.90. The van der Waals surface area contributed by atoms with Crippen molar-refractivity contribution in [2.24, 2.45) is 11.3 Å². The lowest BCUT2D eigenvalue weighted by Crippen LogP contribution is -2.36. The van der Waals surface area contributed by atoms with E-state index < -0.39 is 0 Å². The maximum Gasteiger partial charge on any atom is 0.0530 e. The molecule has 82 valence electrons. The number of hydrogen-bond acceptors (Lipinski definition) is 2. The van der Waals surface area contributed by atoms with Gasteiger partial charge >= 0.3 is 0 Å². The second-order valence-electron chi connectivity index (χ2n) is 5.15. The molecule has 0 aromatic carbocycles. The molecule has 0 radical (unpaired) electrons. The zero-order chi connectivity index (χ0) is 9.86. The molecule has 2 aliphatic rings. The first-order valence-electron chi connectivity index (χ1n) is 6.03. The molecule has 0 atom stereocenters. The number of rotatable bonds is 6. The van der Waals surface area contributed by atoms with E-state index in [1.807, 2.05) is 0 Å². The van der Waals surface area contributed by atoms with Gasteiger partial charge in [-0.05, 0) is 30.9 Å². The summed E-state index contributed by atoms with van der Waals surface area (Å²) in [7, 11) is 0. The Kier molecular flexibility index (Phi) is 3.78. The lowest BCUT2D eigenvalue weighted by molar-refractivity contribution is 0.00249. The Morgan fingerprint density at radius 2 is 2.00 bits per heavy atom. The normalized spacial score (nSPS) is 25.5. The highest BCUT2D eigenvalue weighted by Crippen LogP contribution is 2.42. The zero-order valence-electron chi connectivity index (χ0n) is 9.00. The molecule has 0 aliphatic heterocycles. The van der Waals surface area contributed by atoms with Gasteiger partial charge in [0.1, 0.15) is 0 Å². The van der Waals surface area contributed by atoms with E-state index in [9.17, 15) is 0 Å². The molecule has 14 heavy (non-hydrogen) atoms. The van der Waals surface area contributed by atoms with Crippen molar-refractivity contribution < 1.29 is 4.74 Å². The van der Waals surface area contributed by atoms with Crippen LogP contribution in [-0.2, 0) is 4.74 Å². The van der Waals surface area contributed by atoms with Gasteiger partial charge in [-0.2, -0.15) is 12.6 Å². The van der Waals surface area contributed by atoms with Crippen LogP contribution in [0.25, 0.3) is 0 Å². The molecule has 0 amide bonds. The molecule has 2 rings (SSSR count).